The van der Waals surface area contributed by atoms with Crippen molar-refractivity contribution in [2.45, 2.75) is 51.0 Å². The summed E-state index contributed by atoms with van der Waals surface area (Å²) in [7, 11) is 0. The molecule has 0 atom stereocenters. The van der Waals surface area contributed by atoms with Crippen LogP contribution in [0.2, 0.25) is 0 Å². The molecule has 1 aliphatic carbocycles. The number of nitrogens with one attached hydrogen (secondary N) is 3. The van der Waals surface area contributed by atoms with E-state index in [1.807, 2.05) is 30.3 Å². The molecule has 2 aromatic rings. The van der Waals surface area contributed by atoms with Crippen molar-refractivity contribution in [3.8, 4) is 0 Å². The minimum atomic E-state index is -0.130. The van der Waals surface area contributed by atoms with Gasteiger partial charge in [-0.1, -0.05) is 49.6 Å². The number of hydrogen-bond donors (Lipinski definition) is 3. The number of hydrogen-bond acceptors (Lipinski definition) is 3. The SMILES string of the molecule is O=C(CCc1ccccc1)NC(=S)Nc1ccc(C(=O)NC2CCCCC2)cc1. The lowest BCUT2D eigenvalue weighted by Gasteiger charge is -2.22. The highest BCUT2D eigenvalue weighted by molar-refractivity contribution is 7.80. The molecule has 1 aliphatic rings. The second-order valence-electron chi connectivity index (χ2n) is 7.37. The van der Waals surface area contributed by atoms with E-state index in [0.717, 1.165) is 24.1 Å². The third kappa shape index (κ3) is 6.98. The summed E-state index contributed by atoms with van der Waals surface area (Å²) in [6.07, 6.45) is 6.78. The molecule has 3 rings (SSSR count). The molecule has 2 amide bonds. The van der Waals surface area contributed by atoms with Crippen LogP contribution in [0.1, 0.15) is 54.4 Å². The molecule has 0 heterocycles. The number of benzene rings is 2. The minimum Gasteiger partial charge on any atom is -0.349 e. The van der Waals surface area contributed by atoms with Gasteiger partial charge in [0.15, 0.2) is 5.11 Å². The number of anilines is 1. The van der Waals surface area contributed by atoms with Crippen LogP contribution in [0, 0.1) is 0 Å². The maximum atomic E-state index is 12.4. The molecule has 29 heavy (non-hydrogen) atoms. The van der Waals surface area contributed by atoms with E-state index in [1.54, 1.807) is 24.3 Å². The van der Waals surface area contributed by atoms with E-state index in [1.165, 1.54) is 19.3 Å². The average molecular weight is 410 g/mol. The van der Waals surface area contributed by atoms with Gasteiger partial charge >= 0.3 is 0 Å². The Hall–Kier alpha value is -2.73. The van der Waals surface area contributed by atoms with E-state index < -0.39 is 0 Å². The van der Waals surface area contributed by atoms with Crippen molar-refractivity contribution in [3.05, 3.63) is 65.7 Å². The molecule has 0 radical (unpaired) electrons. The molecular formula is C23H27N3O2S. The molecule has 1 fully saturated rings. The lowest BCUT2D eigenvalue weighted by molar-refractivity contribution is -0.119. The molecule has 6 heteroatoms. The van der Waals surface area contributed by atoms with E-state index in [-0.39, 0.29) is 23.0 Å². The maximum Gasteiger partial charge on any atom is 0.251 e. The second kappa shape index (κ2) is 10.7. The highest BCUT2D eigenvalue weighted by Gasteiger charge is 2.16. The fourth-order valence-electron chi connectivity index (χ4n) is 3.47. The van der Waals surface area contributed by atoms with Crippen LogP contribution in [0.3, 0.4) is 0 Å². The van der Waals surface area contributed by atoms with Gasteiger partial charge in [-0.2, -0.15) is 0 Å². The molecule has 5 nitrogen and oxygen atoms in total. The molecule has 0 aromatic heterocycles. The number of rotatable bonds is 6. The molecule has 1 saturated carbocycles. The van der Waals surface area contributed by atoms with Crippen LogP contribution < -0.4 is 16.0 Å². The molecular weight excluding hydrogens is 382 g/mol. The molecule has 2 aromatic carbocycles. The molecule has 0 unspecified atom stereocenters. The van der Waals surface area contributed by atoms with Gasteiger partial charge in [-0.15, -0.1) is 0 Å². The monoisotopic (exact) mass is 409 g/mol. The zero-order chi connectivity index (χ0) is 20.5. The first-order chi connectivity index (χ1) is 14.1. The van der Waals surface area contributed by atoms with Crippen LogP contribution in [-0.4, -0.2) is 23.0 Å². The Morgan fingerprint density at radius 2 is 1.62 bits per heavy atom. The smallest absolute Gasteiger partial charge is 0.251 e. The van der Waals surface area contributed by atoms with E-state index in [2.05, 4.69) is 16.0 Å². The summed E-state index contributed by atoms with van der Waals surface area (Å²) < 4.78 is 0. The fourth-order valence-corrected chi connectivity index (χ4v) is 3.71. The van der Waals surface area contributed by atoms with Gasteiger partial charge in [0.05, 0.1) is 0 Å². The van der Waals surface area contributed by atoms with Crippen LogP contribution in [0.5, 0.6) is 0 Å². The highest BCUT2D eigenvalue weighted by atomic mass is 32.1. The van der Waals surface area contributed by atoms with Crippen molar-refractivity contribution in [2.24, 2.45) is 0 Å². The van der Waals surface area contributed by atoms with Crippen LogP contribution in [0.15, 0.2) is 54.6 Å². The predicted molar refractivity (Wildman–Crippen MR) is 120 cm³/mol. The van der Waals surface area contributed by atoms with Crippen molar-refractivity contribution in [3.63, 3.8) is 0 Å². The van der Waals surface area contributed by atoms with E-state index in [0.29, 0.717) is 18.4 Å². The molecule has 152 valence electrons. The van der Waals surface area contributed by atoms with Gasteiger partial charge in [-0.3, -0.25) is 9.59 Å². The number of aryl methyl sites for hydroxylation is 1. The Labute approximate surface area is 177 Å². The largest absolute Gasteiger partial charge is 0.349 e. The molecule has 0 saturated heterocycles. The predicted octanol–water partition coefficient (Wildman–Crippen LogP) is 4.19. The Balaban J connectivity index is 1.43. The van der Waals surface area contributed by atoms with Gasteiger partial charge in [-0.05, 0) is 61.3 Å². The lowest BCUT2D eigenvalue weighted by atomic mass is 9.95. The van der Waals surface area contributed by atoms with Crippen molar-refractivity contribution >= 4 is 34.8 Å². The summed E-state index contributed by atoms with van der Waals surface area (Å²) in [6.45, 7) is 0. The fraction of sp³-hybridized carbons (Fsp3) is 0.348. The molecule has 3 N–H and O–H groups in total. The van der Waals surface area contributed by atoms with Crippen LogP contribution >= 0.6 is 12.2 Å². The summed E-state index contributed by atoms with van der Waals surface area (Å²) in [5.41, 5.74) is 2.47. The highest BCUT2D eigenvalue weighted by Crippen LogP contribution is 2.18. The Bertz CT molecular complexity index is 831. The average Bonchev–Trinajstić information content (AvgIpc) is 2.74. The van der Waals surface area contributed by atoms with Crippen molar-refractivity contribution in [1.29, 1.82) is 0 Å². The third-order valence-electron chi connectivity index (χ3n) is 5.08. The first-order valence-corrected chi connectivity index (χ1v) is 10.6. The Kier molecular flexibility index (Phi) is 7.76. The van der Waals surface area contributed by atoms with Crippen LogP contribution in [0.25, 0.3) is 0 Å². The van der Waals surface area contributed by atoms with Crippen LogP contribution in [0.4, 0.5) is 5.69 Å². The van der Waals surface area contributed by atoms with Crippen molar-refractivity contribution in [2.75, 3.05) is 5.32 Å². The molecule has 0 aliphatic heterocycles. The Morgan fingerprint density at radius 1 is 0.931 bits per heavy atom. The van der Waals surface area contributed by atoms with Gasteiger partial charge in [-0.25, -0.2) is 0 Å². The van der Waals surface area contributed by atoms with E-state index in [9.17, 15) is 9.59 Å². The zero-order valence-electron chi connectivity index (χ0n) is 16.4. The normalized spacial score (nSPS) is 14.1. The minimum absolute atomic E-state index is 0.0414. The van der Waals surface area contributed by atoms with Gasteiger partial charge in [0.2, 0.25) is 5.91 Å². The topological polar surface area (TPSA) is 70.2 Å². The zero-order valence-corrected chi connectivity index (χ0v) is 17.3. The molecule has 0 spiro atoms. The van der Waals surface area contributed by atoms with Crippen molar-refractivity contribution < 1.29 is 9.59 Å². The number of carbonyl (C=O) groups excluding carboxylic acids is 2. The number of amides is 2. The number of carbonyl (C=O) groups is 2. The van der Waals surface area contributed by atoms with E-state index in [4.69, 9.17) is 12.2 Å². The summed E-state index contributed by atoms with van der Waals surface area (Å²) in [5.74, 6) is -0.171. The van der Waals surface area contributed by atoms with Gasteiger partial charge in [0, 0.05) is 23.7 Å². The Morgan fingerprint density at radius 3 is 2.31 bits per heavy atom. The van der Waals surface area contributed by atoms with Crippen molar-refractivity contribution in [1.82, 2.24) is 10.6 Å². The van der Waals surface area contributed by atoms with Gasteiger partial charge < -0.3 is 16.0 Å². The summed E-state index contributed by atoms with van der Waals surface area (Å²) in [6, 6.07) is 17.3. The summed E-state index contributed by atoms with van der Waals surface area (Å²) in [4.78, 5) is 24.4. The maximum absolute atomic E-state index is 12.4. The van der Waals surface area contributed by atoms with Gasteiger partial charge in [0.25, 0.3) is 5.91 Å². The third-order valence-corrected chi connectivity index (χ3v) is 5.29. The van der Waals surface area contributed by atoms with Gasteiger partial charge in [0.1, 0.15) is 0 Å². The first kappa shape index (κ1) is 21.0. The summed E-state index contributed by atoms with van der Waals surface area (Å²) in [5, 5.41) is 9.04. The summed E-state index contributed by atoms with van der Waals surface area (Å²) >= 11 is 5.21. The molecule has 0 bridgehead atoms. The second-order valence-corrected chi connectivity index (χ2v) is 7.78. The lowest BCUT2D eigenvalue weighted by Crippen LogP contribution is -2.36. The first-order valence-electron chi connectivity index (χ1n) is 10.2. The van der Waals surface area contributed by atoms with E-state index >= 15 is 0 Å². The quantitative estimate of drug-likeness (QED) is 0.626. The standard InChI is InChI=1S/C23H27N3O2S/c27-21(16-11-17-7-3-1-4-8-17)26-23(29)25-20-14-12-18(13-15-20)22(28)24-19-9-5-2-6-10-19/h1,3-4,7-8,12-15,19H,2,5-6,9-11,16H2,(H,24,28)(H2,25,26,27,29). The van der Waals surface area contributed by atoms with Crippen LogP contribution in [-0.2, 0) is 11.2 Å². The number of thiocarbonyl (C=S) groups is 1.